The van der Waals surface area contributed by atoms with E-state index in [-0.39, 0.29) is 47.0 Å². The van der Waals surface area contributed by atoms with Gasteiger partial charge >= 0.3 is 0 Å². The molecule has 0 radical (unpaired) electrons. The van der Waals surface area contributed by atoms with Crippen LogP contribution in [0.2, 0.25) is 0 Å². The normalized spacial score (nSPS) is 11.5. The summed E-state index contributed by atoms with van der Waals surface area (Å²) in [5, 5.41) is 28.1. The minimum atomic E-state index is -0.904. The summed E-state index contributed by atoms with van der Waals surface area (Å²) in [5.74, 6) is -0.896. The van der Waals surface area contributed by atoms with Gasteiger partial charge in [-0.15, -0.1) is 11.3 Å². The Morgan fingerprint density at radius 2 is 2.21 bits per heavy atom. The third kappa shape index (κ3) is 4.90. The molecule has 0 aliphatic carbocycles. The number of nitrogens with two attached hydrogens (primary N) is 1. The molecule has 0 saturated heterocycles. The quantitative estimate of drug-likeness (QED) is 0.414. The summed E-state index contributed by atoms with van der Waals surface area (Å²) < 4.78 is 20.8. The number of amides is 1. The average Bonchev–Trinajstić information content (AvgIpc) is 3.28. The number of aliphatic hydroxyl groups is 1. The third-order valence-corrected chi connectivity index (χ3v) is 6.09. The van der Waals surface area contributed by atoms with Crippen molar-refractivity contribution in [2.75, 3.05) is 19.4 Å². The fourth-order valence-corrected chi connectivity index (χ4v) is 4.38. The molecule has 1 aromatic carbocycles. The molecule has 2 aromatic heterocycles. The van der Waals surface area contributed by atoms with Gasteiger partial charge in [0, 0.05) is 58.6 Å². The van der Waals surface area contributed by atoms with Crippen molar-refractivity contribution in [3.63, 3.8) is 0 Å². The lowest BCUT2D eigenvalue weighted by atomic mass is 10.0. The average molecular weight is 482 g/mol. The molecule has 8 nitrogen and oxygen atoms in total. The predicted molar refractivity (Wildman–Crippen MR) is 129 cm³/mol. The standard InChI is InChI=1S/C24H24FN5O3S/c1-4-33-19-7-15(6-18(25)21(19)20-5-14(8-26)12-34-20)24(32)30(3)11-16-10-29-23(13(2)31)17(9-27)22(16)28/h5-7,9-10,12-13,27,31H,4,11H2,1-3H3,(H2,28,29). The third-order valence-electron chi connectivity index (χ3n) is 5.14. The number of nitrogens with zero attached hydrogens (tertiary/aromatic N) is 3. The SMILES string of the molecule is CCOc1cc(C(=O)N(C)Cc2cnc(C(C)O)c(C=N)c2N)cc(F)c1-c1cc(C#N)cs1. The highest BCUT2D eigenvalue weighted by Crippen LogP contribution is 2.38. The number of rotatable bonds is 8. The lowest BCUT2D eigenvalue weighted by Crippen LogP contribution is -2.27. The highest BCUT2D eigenvalue weighted by Gasteiger charge is 2.22. The number of hydrogen-bond donors (Lipinski definition) is 3. The number of carbonyl (C=O) groups is 1. The molecule has 1 unspecified atom stereocenters. The van der Waals surface area contributed by atoms with Crippen molar-refractivity contribution < 1.29 is 19.0 Å². The van der Waals surface area contributed by atoms with Gasteiger partial charge in [-0.1, -0.05) is 0 Å². The number of nitriles is 1. The highest BCUT2D eigenvalue weighted by atomic mass is 32.1. The van der Waals surface area contributed by atoms with Crippen molar-refractivity contribution >= 4 is 29.1 Å². The van der Waals surface area contributed by atoms with Gasteiger partial charge in [0.15, 0.2) is 0 Å². The minimum Gasteiger partial charge on any atom is -0.493 e. The van der Waals surface area contributed by atoms with Gasteiger partial charge in [-0.25, -0.2) is 4.39 Å². The van der Waals surface area contributed by atoms with Crippen LogP contribution >= 0.6 is 11.3 Å². The van der Waals surface area contributed by atoms with E-state index in [1.165, 1.54) is 35.4 Å². The Labute approximate surface area is 200 Å². The number of hydrogen-bond acceptors (Lipinski definition) is 8. The lowest BCUT2D eigenvalue weighted by molar-refractivity contribution is 0.0784. The van der Waals surface area contributed by atoms with E-state index in [1.54, 1.807) is 25.4 Å². The number of nitrogen functional groups attached to an aromatic ring is 1. The number of aliphatic hydroxyl groups excluding tert-OH is 1. The first kappa shape index (κ1) is 24.8. The predicted octanol–water partition coefficient (Wildman–Crippen LogP) is 4.12. The summed E-state index contributed by atoms with van der Waals surface area (Å²) in [7, 11) is 1.54. The molecule has 2 heterocycles. The van der Waals surface area contributed by atoms with Crippen LogP contribution in [-0.2, 0) is 6.54 Å². The molecule has 10 heteroatoms. The molecule has 1 amide bonds. The molecule has 0 aliphatic rings. The summed E-state index contributed by atoms with van der Waals surface area (Å²) >= 11 is 1.22. The summed E-state index contributed by atoms with van der Waals surface area (Å²) in [4.78, 5) is 19.2. The Hall–Kier alpha value is -3.81. The van der Waals surface area contributed by atoms with E-state index in [4.69, 9.17) is 21.1 Å². The van der Waals surface area contributed by atoms with Crippen molar-refractivity contribution in [2.45, 2.75) is 26.5 Å². The molecule has 0 saturated carbocycles. The summed E-state index contributed by atoms with van der Waals surface area (Å²) in [5.41, 5.74) is 8.16. The number of halogens is 1. The van der Waals surface area contributed by atoms with E-state index in [0.717, 1.165) is 12.3 Å². The number of anilines is 1. The minimum absolute atomic E-state index is 0.0579. The van der Waals surface area contributed by atoms with Crippen LogP contribution in [0.15, 0.2) is 29.8 Å². The zero-order valence-electron chi connectivity index (χ0n) is 18.9. The van der Waals surface area contributed by atoms with Crippen molar-refractivity contribution in [2.24, 2.45) is 0 Å². The number of pyridine rings is 1. The van der Waals surface area contributed by atoms with Crippen LogP contribution < -0.4 is 10.5 Å². The van der Waals surface area contributed by atoms with Crippen LogP contribution in [0.4, 0.5) is 10.1 Å². The van der Waals surface area contributed by atoms with Crippen molar-refractivity contribution in [3.8, 4) is 22.3 Å². The van der Waals surface area contributed by atoms with Crippen LogP contribution in [-0.4, -0.2) is 40.8 Å². The molecule has 34 heavy (non-hydrogen) atoms. The molecule has 176 valence electrons. The van der Waals surface area contributed by atoms with E-state index in [0.29, 0.717) is 16.0 Å². The first-order valence-corrected chi connectivity index (χ1v) is 11.3. The Balaban J connectivity index is 1.94. The number of benzene rings is 1. The second kappa shape index (κ2) is 10.4. The maximum Gasteiger partial charge on any atom is 0.254 e. The first-order valence-electron chi connectivity index (χ1n) is 10.4. The Bertz CT molecular complexity index is 1280. The van der Waals surface area contributed by atoms with Crippen molar-refractivity contribution in [3.05, 3.63) is 63.5 Å². The Kier molecular flexibility index (Phi) is 7.61. The maximum absolute atomic E-state index is 15.2. The van der Waals surface area contributed by atoms with Crippen LogP contribution in [0.25, 0.3) is 10.4 Å². The maximum atomic E-state index is 15.2. The van der Waals surface area contributed by atoms with Crippen LogP contribution in [0, 0.1) is 22.6 Å². The fraction of sp³-hybridized carbons (Fsp3) is 0.250. The van der Waals surface area contributed by atoms with Crippen LogP contribution in [0.3, 0.4) is 0 Å². The number of nitrogens with one attached hydrogen (secondary N) is 1. The smallest absolute Gasteiger partial charge is 0.254 e. The topological polar surface area (TPSA) is 136 Å². The highest BCUT2D eigenvalue weighted by molar-refractivity contribution is 7.13. The fourth-order valence-electron chi connectivity index (χ4n) is 3.50. The molecule has 4 N–H and O–H groups in total. The van der Waals surface area contributed by atoms with Gasteiger partial charge in [-0.05, 0) is 32.0 Å². The van der Waals surface area contributed by atoms with Gasteiger partial charge in [0.25, 0.3) is 5.91 Å². The number of thiophene rings is 1. The second-order valence-corrected chi connectivity index (χ2v) is 8.46. The molecule has 3 aromatic rings. The number of ether oxygens (including phenoxy) is 1. The molecular weight excluding hydrogens is 457 g/mol. The summed E-state index contributed by atoms with van der Waals surface area (Å²) in [6.45, 7) is 3.60. The van der Waals surface area contributed by atoms with E-state index < -0.39 is 17.8 Å². The first-order chi connectivity index (χ1) is 16.2. The van der Waals surface area contributed by atoms with E-state index in [9.17, 15) is 9.90 Å². The van der Waals surface area contributed by atoms with Gasteiger partial charge in [-0.2, -0.15) is 5.26 Å². The molecule has 0 fully saturated rings. The summed E-state index contributed by atoms with van der Waals surface area (Å²) in [6.07, 6.45) is 1.56. The Morgan fingerprint density at radius 1 is 1.47 bits per heavy atom. The number of carbonyl (C=O) groups excluding carboxylic acids is 1. The molecule has 1 atom stereocenters. The van der Waals surface area contributed by atoms with Gasteiger partial charge < -0.3 is 25.9 Å². The monoisotopic (exact) mass is 481 g/mol. The summed E-state index contributed by atoms with van der Waals surface area (Å²) in [6, 6.07) is 6.22. The van der Waals surface area contributed by atoms with Crippen molar-refractivity contribution in [1.82, 2.24) is 9.88 Å². The van der Waals surface area contributed by atoms with E-state index in [2.05, 4.69) is 4.98 Å². The zero-order chi connectivity index (χ0) is 25.0. The van der Waals surface area contributed by atoms with Crippen LogP contribution in [0.5, 0.6) is 5.75 Å². The second-order valence-electron chi connectivity index (χ2n) is 7.55. The number of aromatic nitrogens is 1. The molecular formula is C24H24FN5O3S. The Morgan fingerprint density at radius 3 is 2.79 bits per heavy atom. The van der Waals surface area contributed by atoms with Gasteiger partial charge in [0.1, 0.15) is 17.6 Å². The van der Waals surface area contributed by atoms with E-state index >= 15 is 4.39 Å². The molecule has 3 rings (SSSR count). The lowest BCUT2D eigenvalue weighted by Gasteiger charge is -2.21. The van der Waals surface area contributed by atoms with Gasteiger partial charge in [0.2, 0.25) is 0 Å². The molecule has 0 aliphatic heterocycles. The van der Waals surface area contributed by atoms with Crippen LogP contribution in [0.1, 0.15) is 52.7 Å². The molecule has 0 bridgehead atoms. The van der Waals surface area contributed by atoms with Gasteiger partial charge in [-0.3, -0.25) is 9.78 Å². The zero-order valence-corrected chi connectivity index (χ0v) is 19.7. The largest absolute Gasteiger partial charge is 0.493 e. The van der Waals surface area contributed by atoms with Gasteiger partial charge in [0.05, 0.1) is 29.5 Å². The van der Waals surface area contributed by atoms with E-state index in [1.807, 2.05) is 6.07 Å². The van der Waals surface area contributed by atoms with Crippen molar-refractivity contribution in [1.29, 1.82) is 10.7 Å². The molecule has 0 spiro atoms.